The van der Waals surface area contributed by atoms with Gasteiger partial charge in [0.15, 0.2) is 0 Å². The molecule has 0 radical (unpaired) electrons. The maximum absolute atomic E-state index is 15.4. The van der Waals surface area contributed by atoms with Crippen LogP contribution in [-0.2, 0) is 20.8 Å². The third-order valence-corrected chi connectivity index (χ3v) is 8.70. The van der Waals surface area contributed by atoms with Crippen LogP contribution in [0.1, 0.15) is 112 Å². The Hall–Kier alpha value is -3.49. The minimum absolute atomic E-state index is 0.344. The molecular formula is C39H51O4P. The van der Waals surface area contributed by atoms with E-state index in [4.69, 9.17) is 13.6 Å². The summed E-state index contributed by atoms with van der Waals surface area (Å²) in [4.78, 5) is 0. The maximum Gasteiger partial charge on any atom is 0.647 e. The van der Waals surface area contributed by atoms with E-state index in [0.29, 0.717) is 33.9 Å². The average molecular weight is 615 g/mol. The van der Waals surface area contributed by atoms with Gasteiger partial charge in [-0.1, -0.05) is 118 Å². The van der Waals surface area contributed by atoms with Crippen LogP contribution >= 0.6 is 7.82 Å². The largest absolute Gasteiger partial charge is 0.647 e. The molecule has 0 heterocycles. The molecule has 0 saturated carbocycles. The number of rotatable bonds is 9. The third-order valence-electron chi connectivity index (χ3n) is 7.48. The summed E-state index contributed by atoms with van der Waals surface area (Å²) < 4.78 is 35.3. The molecule has 0 aliphatic heterocycles. The highest BCUT2D eigenvalue weighted by Gasteiger charge is 2.40. The Labute approximate surface area is 266 Å². The van der Waals surface area contributed by atoms with Crippen molar-refractivity contribution < 1.29 is 18.1 Å². The maximum atomic E-state index is 15.4. The zero-order chi connectivity index (χ0) is 33.4. The number of aryl methyl sites for hydroxylation is 3. The minimum atomic E-state index is -4.48. The zero-order valence-corrected chi connectivity index (χ0v) is 29.8. The van der Waals surface area contributed by atoms with Crippen molar-refractivity contribution in [3.8, 4) is 17.2 Å². The monoisotopic (exact) mass is 614 g/mol. The molecule has 0 aliphatic rings. The van der Waals surface area contributed by atoms with E-state index in [-0.39, 0.29) is 16.2 Å². The summed E-state index contributed by atoms with van der Waals surface area (Å²) in [6.45, 7) is 37.0. The van der Waals surface area contributed by atoms with E-state index in [1.54, 1.807) is 18.2 Å². The van der Waals surface area contributed by atoms with Crippen molar-refractivity contribution in [1.82, 2.24) is 0 Å². The van der Waals surface area contributed by atoms with Gasteiger partial charge in [-0.05, 0) is 71.9 Å². The molecule has 0 saturated heterocycles. The van der Waals surface area contributed by atoms with Crippen LogP contribution < -0.4 is 13.6 Å². The van der Waals surface area contributed by atoms with Gasteiger partial charge in [0.1, 0.15) is 17.2 Å². The first kappa shape index (κ1) is 35.0. The summed E-state index contributed by atoms with van der Waals surface area (Å²) in [5.41, 5.74) is 6.81. The van der Waals surface area contributed by atoms with Gasteiger partial charge in [-0.15, -0.1) is 0 Å². The molecule has 0 aliphatic carbocycles. The van der Waals surface area contributed by atoms with E-state index in [0.717, 1.165) is 33.4 Å². The van der Waals surface area contributed by atoms with Crippen LogP contribution in [0.4, 0.5) is 0 Å². The summed E-state index contributed by atoms with van der Waals surface area (Å²) in [5.74, 6) is 1.24. The molecular weight excluding hydrogens is 563 g/mol. The van der Waals surface area contributed by atoms with E-state index in [9.17, 15) is 0 Å². The number of hydrogen-bond acceptors (Lipinski definition) is 4. The van der Waals surface area contributed by atoms with Crippen LogP contribution in [0.15, 0.2) is 56.1 Å². The number of hydrogen-bond donors (Lipinski definition) is 0. The van der Waals surface area contributed by atoms with Crippen molar-refractivity contribution in [2.45, 2.75) is 99.3 Å². The topological polar surface area (TPSA) is 44.8 Å². The Balaban J connectivity index is 2.44. The van der Waals surface area contributed by atoms with Gasteiger partial charge in [0, 0.05) is 33.4 Å². The second-order valence-corrected chi connectivity index (χ2v) is 16.2. The Bertz CT molecular complexity index is 1440. The molecule has 0 bridgehead atoms. The van der Waals surface area contributed by atoms with Crippen molar-refractivity contribution >= 4 is 26.1 Å². The summed E-state index contributed by atoms with van der Waals surface area (Å²) >= 11 is 0. The lowest BCUT2D eigenvalue weighted by atomic mass is 9.84. The molecule has 44 heavy (non-hydrogen) atoms. The van der Waals surface area contributed by atoms with Gasteiger partial charge in [0.05, 0.1) is 0 Å². The van der Waals surface area contributed by atoms with Crippen LogP contribution in [0.25, 0.3) is 18.2 Å². The van der Waals surface area contributed by atoms with E-state index in [2.05, 4.69) is 100 Å². The zero-order valence-electron chi connectivity index (χ0n) is 28.9. The third kappa shape index (κ3) is 7.77. The number of phosphoric ester groups is 1. The highest BCUT2D eigenvalue weighted by atomic mass is 31.2. The predicted molar refractivity (Wildman–Crippen MR) is 189 cm³/mol. The summed E-state index contributed by atoms with van der Waals surface area (Å²) in [6, 6.07) is 12.0. The SMILES string of the molecule is C=Cc1cc(C)cc(C(C)(C)C)c1OP(=O)(Oc1c(C=C)cc(C)cc1C(C)(C)C)Oc1c(C=C)cc(C)cc1C(C)(C)C. The fourth-order valence-corrected chi connectivity index (χ4v) is 6.62. The van der Waals surface area contributed by atoms with Crippen molar-refractivity contribution in [2.24, 2.45) is 0 Å². The summed E-state index contributed by atoms with van der Waals surface area (Å²) in [5, 5.41) is 0. The Morgan fingerprint density at radius 1 is 0.500 bits per heavy atom. The van der Waals surface area contributed by atoms with Gasteiger partial charge in [-0.2, -0.15) is 4.57 Å². The van der Waals surface area contributed by atoms with E-state index in [1.807, 2.05) is 39.0 Å². The van der Waals surface area contributed by atoms with Crippen molar-refractivity contribution in [2.75, 3.05) is 0 Å². The number of phosphoric acid groups is 1. The average Bonchev–Trinajstić information content (AvgIpc) is 2.89. The highest BCUT2D eigenvalue weighted by molar-refractivity contribution is 7.49. The van der Waals surface area contributed by atoms with Crippen LogP contribution in [0.2, 0.25) is 0 Å². The molecule has 0 unspecified atom stereocenters. The minimum Gasteiger partial charge on any atom is -0.385 e. The van der Waals surface area contributed by atoms with Gasteiger partial charge in [0.2, 0.25) is 0 Å². The lowest BCUT2D eigenvalue weighted by Gasteiger charge is -2.31. The Morgan fingerprint density at radius 3 is 0.909 bits per heavy atom. The van der Waals surface area contributed by atoms with Gasteiger partial charge >= 0.3 is 7.82 Å². The summed E-state index contributed by atoms with van der Waals surface area (Å²) in [7, 11) is -4.48. The second kappa shape index (κ2) is 12.5. The first-order chi connectivity index (χ1) is 20.1. The van der Waals surface area contributed by atoms with Gasteiger partial charge in [-0.25, -0.2) is 0 Å². The molecule has 5 heteroatoms. The van der Waals surface area contributed by atoms with Gasteiger partial charge in [-0.3, -0.25) is 0 Å². The fraction of sp³-hybridized carbons (Fsp3) is 0.385. The highest BCUT2D eigenvalue weighted by Crippen LogP contribution is 2.56. The van der Waals surface area contributed by atoms with Crippen molar-refractivity contribution in [3.63, 3.8) is 0 Å². The van der Waals surface area contributed by atoms with Crippen LogP contribution in [-0.4, -0.2) is 0 Å². The lowest BCUT2D eigenvalue weighted by Crippen LogP contribution is -2.20. The fourth-order valence-electron chi connectivity index (χ4n) is 5.23. The van der Waals surface area contributed by atoms with E-state index >= 15 is 4.57 Å². The molecule has 3 aromatic rings. The van der Waals surface area contributed by atoms with E-state index < -0.39 is 7.82 Å². The Morgan fingerprint density at radius 2 is 0.727 bits per heavy atom. The predicted octanol–water partition coefficient (Wildman–Crippen LogP) is 12.1. The quantitative estimate of drug-likeness (QED) is 0.225. The smallest absolute Gasteiger partial charge is 0.385 e. The molecule has 0 amide bonds. The first-order valence-electron chi connectivity index (χ1n) is 15.1. The van der Waals surface area contributed by atoms with Crippen molar-refractivity contribution in [1.29, 1.82) is 0 Å². The molecule has 3 rings (SSSR count). The first-order valence-corrected chi connectivity index (χ1v) is 16.6. The lowest BCUT2D eigenvalue weighted by molar-refractivity contribution is 0.290. The molecule has 0 fully saturated rings. The number of benzene rings is 3. The van der Waals surface area contributed by atoms with Gasteiger partial charge < -0.3 is 13.6 Å². The molecule has 0 atom stereocenters. The molecule has 0 spiro atoms. The second-order valence-electron chi connectivity index (χ2n) is 14.8. The van der Waals surface area contributed by atoms with Crippen LogP contribution in [0, 0.1) is 20.8 Å². The van der Waals surface area contributed by atoms with Crippen LogP contribution in [0.3, 0.4) is 0 Å². The molecule has 236 valence electrons. The Kier molecular flexibility index (Phi) is 9.93. The van der Waals surface area contributed by atoms with E-state index in [1.165, 1.54) is 0 Å². The molecule has 3 aromatic carbocycles. The standard InChI is InChI=1S/C39H51O4P/c1-16-28-19-25(4)22-31(37(7,8)9)34(28)41-44(40,42-35-29(17-2)20-26(5)23-32(35)38(10,11)12)43-36-30(18-3)21-27(6)24-33(36)39(13,14)15/h16-24H,1-3H2,4-15H3. The van der Waals surface area contributed by atoms with Crippen molar-refractivity contribution in [3.05, 3.63) is 106 Å². The van der Waals surface area contributed by atoms with Crippen LogP contribution in [0.5, 0.6) is 17.2 Å². The summed E-state index contributed by atoms with van der Waals surface area (Å²) in [6.07, 6.45) is 5.14. The normalized spacial score (nSPS) is 12.5. The van der Waals surface area contributed by atoms with Gasteiger partial charge in [0.25, 0.3) is 0 Å². The molecule has 4 nitrogen and oxygen atoms in total. The molecule has 0 N–H and O–H groups in total. The molecule has 0 aromatic heterocycles.